The van der Waals surface area contributed by atoms with Gasteiger partial charge in [-0.2, -0.15) is 4.98 Å². The molecule has 1 fully saturated rings. The maximum atomic E-state index is 5.22. The molecule has 0 spiro atoms. The number of nitrogens with zero attached hydrogens (tertiary/aromatic N) is 2. The topological polar surface area (TPSA) is 51.0 Å². The molecule has 0 bridgehead atoms. The number of benzene rings is 1. The molecule has 1 saturated carbocycles. The van der Waals surface area contributed by atoms with Crippen molar-refractivity contribution in [2.75, 3.05) is 0 Å². The van der Waals surface area contributed by atoms with Crippen molar-refractivity contribution in [2.24, 2.45) is 0 Å². The van der Waals surface area contributed by atoms with Crippen molar-refractivity contribution < 1.29 is 4.52 Å². The van der Waals surface area contributed by atoms with E-state index in [2.05, 4.69) is 37.5 Å². The molecule has 0 saturated heterocycles. The summed E-state index contributed by atoms with van der Waals surface area (Å²) in [6.07, 6.45) is 3.21. The highest BCUT2D eigenvalue weighted by atomic mass is 79.9. The first kappa shape index (κ1) is 11.9. The Morgan fingerprint density at radius 3 is 2.94 bits per heavy atom. The lowest BCUT2D eigenvalue weighted by atomic mass is 10.1. The van der Waals surface area contributed by atoms with Gasteiger partial charge in [0.2, 0.25) is 5.89 Å². The Labute approximate surface area is 114 Å². The van der Waals surface area contributed by atoms with Crippen LogP contribution in [0.5, 0.6) is 0 Å². The van der Waals surface area contributed by atoms with Crippen molar-refractivity contribution in [2.45, 2.75) is 31.8 Å². The molecule has 1 heterocycles. The molecule has 2 aromatic rings. The van der Waals surface area contributed by atoms with Crippen molar-refractivity contribution in [1.82, 2.24) is 15.5 Å². The van der Waals surface area contributed by atoms with Crippen LogP contribution < -0.4 is 5.32 Å². The van der Waals surface area contributed by atoms with E-state index in [1.54, 1.807) is 0 Å². The number of nitrogens with one attached hydrogen (secondary N) is 1. The minimum atomic E-state index is 0.656. The smallest absolute Gasteiger partial charge is 0.240 e. The molecular formula is C13H14BrN3O. The van der Waals surface area contributed by atoms with E-state index in [4.69, 9.17) is 4.52 Å². The molecule has 1 aliphatic carbocycles. The molecule has 18 heavy (non-hydrogen) atoms. The van der Waals surface area contributed by atoms with E-state index >= 15 is 0 Å². The Kier molecular flexibility index (Phi) is 3.43. The summed E-state index contributed by atoms with van der Waals surface area (Å²) in [6.45, 7) is 0.674. The number of rotatable bonds is 5. The average molecular weight is 308 g/mol. The molecule has 1 N–H and O–H groups in total. The molecule has 3 rings (SSSR count). The first-order valence-electron chi connectivity index (χ1n) is 6.09. The molecule has 1 aromatic heterocycles. The summed E-state index contributed by atoms with van der Waals surface area (Å²) in [5.41, 5.74) is 1.17. The fraction of sp³-hybridized carbons (Fsp3) is 0.385. The van der Waals surface area contributed by atoms with Crippen LogP contribution in [0.3, 0.4) is 0 Å². The van der Waals surface area contributed by atoms with Crippen LogP contribution in [0.15, 0.2) is 33.3 Å². The highest BCUT2D eigenvalue weighted by molar-refractivity contribution is 9.10. The highest BCUT2D eigenvalue weighted by Crippen LogP contribution is 2.20. The monoisotopic (exact) mass is 307 g/mol. The molecule has 0 amide bonds. The molecule has 5 heteroatoms. The number of hydrogen-bond acceptors (Lipinski definition) is 4. The van der Waals surface area contributed by atoms with E-state index in [0.717, 1.165) is 10.3 Å². The van der Waals surface area contributed by atoms with E-state index in [1.165, 1.54) is 18.4 Å². The number of halogens is 1. The van der Waals surface area contributed by atoms with E-state index in [0.29, 0.717) is 24.9 Å². The molecule has 94 valence electrons. The van der Waals surface area contributed by atoms with Crippen molar-refractivity contribution in [3.63, 3.8) is 0 Å². The molecule has 0 radical (unpaired) electrons. The molecular weight excluding hydrogens is 294 g/mol. The second-order valence-electron chi connectivity index (χ2n) is 4.53. The lowest BCUT2D eigenvalue weighted by Crippen LogP contribution is -2.15. The predicted molar refractivity (Wildman–Crippen MR) is 71.1 cm³/mol. The molecule has 0 atom stereocenters. The van der Waals surface area contributed by atoms with Gasteiger partial charge in [0.05, 0.1) is 6.54 Å². The first-order valence-corrected chi connectivity index (χ1v) is 6.89. The van der Waals surface area contributed by atoms with Gasteiger partial charge in [0.15, 0.2) is 5.82 Å². The zero-order valence-electron chi connectivity index (χ0n) is 9.90. The highest BCUT2D eigenvalue weighted by Gasteiger charge is 2.21. The van der Waals surface area contributed by atoms with Crippen molar-refractivity contribution in [3.05, 3.63) is 46.0 Å². The molecule has 1 aromatic carbocycles. The summed E-state index contributed by atoms with van der Waals surface area (Å²) < 4.78 is 6.29. The quantitative estimate of drug-likeness (QED) is 0.922. The first-order chi connectivity index (χ1) is 8.81. The largest absolute Gasteiger partial charge is 0.338 e. The predicted octanol–water partition coefficient (Wildman–Crippen LogP) is 2.67. The van der Waals surface area contributed by atoms with Crippen molar-refractivity contribution in [3.8, 4) is 0 Å². The second kappa shape index (κ2) is 5.20. The van der Waals surface area contributed by atoms with Gasteiger partial charge in [-0.1, -0.05) is 39.3 Å². The molecule has 4 nitrogen and oxygen atoms in total. The van der Waals surface area contributed by atoms with Gasteiger partial charge in [0, 0.05) is 16.9 Å². The third-order valence-corrected chi connectivity index (χ3v) is 3.71. The van der Waals surface area contributed by atoms with Crippen LogP contribution in [0, 0.1) is 0 Å². The Hall–Kier alpha value is -1.20. The van der Waals surface area contributed by atoms with Crippen molar-refractivity contribution in [1.29, 1.82) is 0 Å². The van der Waals surface area contributed by atoms with E-state index in [-0.39, 0.29) is 0 Å². The fourth-order valence-electron chi connectivity index (χ4n) is 1.76. The van der Waals surface area contributed by atoms with E-state index in [9.17, 15) is 0 Å². The van der Waals surface area contributed by atoms with Gasteiger partial charge in [-0.05, 0) is 24.5 Å². The van der Waals surface area contributed by atoms with Crippen LogP contribution in [-0.2, 0) is 13.0 Å². The van der Waals surface area contributed by atoms with Gasteiger partial charge in [0.1, 0.15) is 0 Å². The Balaban J connectivity index is 1.63. The normalized spacial score (nSPS) is 14.9. The van der Waals surface area contributed by atoms with Crippen LogP contribution in [0.25, 0.3) is 0 Å². The summed E-state index contributed by atoms with van der Waals surface area (Å²) >= 11 is 3.52. The summed E-state index contributed by atoms with van der Waals surface area (Å²) in [7, 11) is 0. The summed E-state index contributed by atoms with van der Waals surface area (Å²) in [6, 6.07) is 8.74. The van der Waals surface area contributed by atoms with Crippen molar-refractivity contribution >= 4 is 15.9 Å². The molecule has 1 aliphatic rings. The fourth-order valence-corrected chi connectivity index (χ4v) is 2.19. The minimum Gasteiger partial charge on any atom is -0.338 e. The van der Waals surface area contributed by atoms with E-state index < -0.39 is 0 Å². The zero-order chi connectivity index (χ0) is 12.4. The van der Waals surface area contributed by atoms with Gasteiger partial charge in [-0.15, -0.1) is 0 Å². The molecule has 0 aliphatic heterocycles. The van der Waals surface area contributed by atoms with Gasteiger partial charge >= 0.3 is 0 Å². The number of hydrogen-bond donors (Lipinski definition) is 1. The lowest BCUT2D eigenvalue weighted by molar-refractivity contribution is 0.363. The van der Waals surface area contributed by atoms with Gasteiger partial charge in [-0.25, -0.2) is 0 Å². The van der Waals surface area contributed by atoms with Gasteiger partial charge in [0.25, 0.3) is 0 Å². The molecule has 0 unspecified atom stereocenters. The SMILES string of the molecule is Brc1ccccc1Cc1noc(CNC2CC2)n1. The third-order valence-electron chi connectivity index (χ3n) is 2.94. The van der Waals surface area contributed by atoms with Crippen LogP contribution in [0.2, 0.25) is 0 Å². The van der Waals surface area contributed by atoms with Crippen LogP contribution in [-0.4, -0.2) is 16.2 Å². The van der Waals surface area contributed by atoms with Crippen LogP contribution in [0.4, 0.5) is 0 Å². The summed E-state index contributed by atoms with van der Waals surface area (Å²) in [5.74, 6) is 1.40. The standard InChI is InChI=1S/C13H14BrN3O/c14-11-4-2-1-3-9(11)7-12-16-13(18-17-12)8-15-10-5-6-10/h1-4,10,15H,5-8H2. The maximum absolute atomic E-state index is 5.22. The Morgan fingerprint density at radius 2 is 2.17 bits per heavy atom. The minimum absolute atomic E-state index is 0.656. The lowest BCUT2D eigenvalue weighted by Gasteiger charge is -1.99. The summed E-state index contributed by atoms with van der Waals surface area (Å²) in [4.78, 5) is 4.39. The van der Waals surface area contributed by atoms with Gasteiger partial charge in [-0.3, -0.25) is 0 Å². The Morgan fingerprint density at radius 1 is 1.33 bits per heavy atom. The summed E-state index contributed by atoms with van der Waals surface area (Å²) in [5, 5.41) is 7.36. The average Bonchev–Trinajstić information content (AvgIpc) is 3.10. The maximum Gasteiger partial charge on any atom is 0.240 e. The van der Waals surface area contributed by atoms with Crippen LogP contribution >= 0.6 is 15.9 Å². The number of aromatic nitrogens is 2. The van der Waals surface area contributed by atoms with E-state index in [1.807, 2.05) is 18.2 Å². The zero-order valence-corrected chi connectivity index (χ0v) is 11.5. The Bertz CT molecular complexity index is 537. The second-order valence-corrected chi connectivity index (χ2v) is 5.38. The third kappa shape index (κ3) is 2.97. The van der Waals surface area contributed by atoms with Crippen LogP contribution in [0.1, 0.15) is 30.1 Å². The van der Waals surface area contributed by atoms with Gasteiger partial charge < -0.3 is 9.84 Å².